The topological polar surface area (TPSA) is 147 Å². The molecule has 9 nitrogen and oxygen atoms in total. The van der Waals surface area contributed by atoms with E-state index in [1.165, 1.54) is 24.3 Å². The Bertz CT molecular complexity index is 1450. The quantitative estimate of drug-likeness (QED) is 0.138. The lowest BCUT2D eigenvalue weighted by atomic mass is 10.0. The number of hydrogen-bond donors (Lipinski definition) is 0. The number of benzene rings is 1. The number of allylic oxidation sites excluding steroid dienone is 1. The first-order valence-corrected chi connectivity index (χ1v) is 10.9. The number of carbonyl (C=O) groups is 2. The van der Waals surface area contributed by atoms with Crippen molar-refractivity contribution >= 4 is 34.9 Å². The first-order valence-electron chi connectivity index (χ1n) is 10.1. The van der Waals surface area contributed by atoms with Crippen LogP contribution < -0.4 is 0 Å². The summed E-state index contributed by atoms with van der Waals surface area (Å²) in [5.74, 6) is -1.90. The second kappa shape index (κ2) is 10.5. The van der Waals surface area contributed by atoms with Gasteiger partial charge in [0.2, 0.25) is 5.82 Å². The fourth-order valence-corrected chi connectivity index (χ4v) is 4.33. The number of nitrogens with zero attached hydrogens (tertiary/aromatic N) is 3. The molecule has 3 rings (SSSR count). The van der Waals surface area contributed by atoms with E-state index in [9.17, 15) is 34.6 Å². The highest BCUT2D eigenvalue weighted by Gasteiger charge is 2.24. The van der Waals surface area contributed by atoms with E-state index in [1.807, 2.05) is 6.07 Å². The zero-order valence-corrected chi connectivity index (χ0v) is 19.3. The number of nitro benzene ring substituents is 1. The molecule has 11 heteroatoms. The number of thiophene rings is 1. The van der Waals surface area contributed by atoms with E-state index in [4.69, 9.17) is 9.15 Å². The van der Waals surface area contributed by atoms with Crippen molar-refractivity contribution in [2.24, 2.45) is 0 Å². The summed E-state index contributed by atoms with van der Waals surface area (Å²) >= 11 is 0.964. The molecule has 0 aliphatic carbocycles. The smallest absolute Gasteiger partial charge is 0.348 e. The van der Waals surface area contributed by atoms with Crippen LogP contribution in [0, 0.1) is 45.5 Å². The van der Waals surface area contributed by atoms with Gasteiger partial charge in [-0.05, 0) is 43.7 Å². The third kappa shape index (κ3) is 5.32. The monoisotopic (exact) mass is 493 g/mol. The summed E-state index contributed by atoms with van der Waals surface area (Å²) in [6, 6.07) is 9.95. The van der Waals surface area contributed by atoms with Crippen molar-refractivity contribution in [1.29, 1.82) is 10.5 Å². The summed E-state index contributed by atoms with van der Waals surface area (Å²) in [6.45, 7) is 3.39. The number of hydrogen-bond acceptors (Lipinski definition) is 9. The van der Waals surface area contributed by atoms with Crippen molar-refractivity contribution in [1.82, 2.24) is 0 Å². The summed E-state index contributed by atoms with van der Waals surface area (Å²) in [5.41, 5.74) is -0.150. The van der Waals surface area contributed by atoms with Gasteiger partial charge in [-0.1, -0.05) is 0 Å². The maximum atomic E-state index is 13.6. The number of halogens is 1. The Labute approximate surface area is 202 Å². The van der Waals surface area contributed by atoms with E-state index in [0.29, 0.717) is 10.4 Å². The number of Topliss-reactive ketones (excluding diaryl/α,β-unsaturated/α-hetero) is 1. The largest absolute Gasteiger partial charge is 0.462 e. The van der Waals surface area contributed by atoms with Crippen molar-refractivity contribution in [2.75, 3.05) is 6.61 Å². The maximum absolute atomic E-state index is 13.6. The van der Waals surface area contributed by atoms with Crippen LogP contribution in [0.2, 0.25) is 0 Å². The standard InChI is InChI=1S/C24H16FN3O6S/c1-3-33-24(30)23-13(2)17(12-27)22(35-23)10-20(29)15(11-26)8-16-5-7-21(34-16)14-4-6-18(25)19(9-14)28(31)32/h4-9H,3,10H2,1-2H3. The molecular formula is C24H16FN3O6S. The second-order valence-corrected chi connectivity index (χ2v) is 8.19. The Hall–Kier alpha value is -4.61. The van der Waals surface area contributed by atoms with Gasteiger partial charge in [-0.25, -0.2) is 4.79 Å². The van der Waals surface area contributed by atoms with Crippen molar-refractivity contribution in [3.05, 3.63) is 78.5 Å². The van der Waals surface area contributed by atoms with Crippen LogP contribution in [-0.4, -0.2) is 23.3 Å². The normalized spacial score (nSPS) is 10.9. The zero-order chi connectivity index (χ0) is 25.7. The Morgan fingerprint density at radius 3 is 2.66 bits per heavy atom. The average Bonchev–Trinajstić information content (AvgIpc) is 3.41. The van der Waals surface area contributed by atoms with Gasteiger partial charge >= 0.3 is 11.7 Å². The van der Waals surface area contributed by atoms with Crippen LogP contribution >= 0.6 is 11.3 Å². The molecular weight excluding hydrogens is 477 g/mol. The fraction of sp³-hybridized carbons (Fsp3) is 0.167. The SMILES string of the molecule is CCOC(=O)c1sc(CC(=O)C(C#N)=Cc2ccc(-c3ccc(F)c([N+](=O)[O-])c3)o2)c(C#N)c1C. The van der Waals surface area contributed by atoms with E-state index in [-0.39, 0.29) is 46.1 Å². The molecule has 1 aromatic carbocycles. The molecule has 0 unspecified atom stereocenters. The lowest BCUT2D eigenvalue weighted by Crippen LogP contribution is -2.05. The Morgan fingerprint density at radius 2 is 2.03 bits per heavy atom. The van der Waals surface area contributed by atoms with E-state index in [2.05, 4.69) is 0 Å². The molecule has 176 valence electrons. The summed E-state index contributed by atoms with van der Waals surface area (Å²) in [4.78, 5) is 35.6. The molecule has 0 saturated heterocycles. The van der Waals surface area contributed by atoms with Gasteiger partial charge in [0.15, 0.2) is 5.78 Å². The minimum Gasteiger partial charge on any atom is -0.462 e. The highest BCUT2D eigenvalue weighted by Crippen LogP contribution is 2.31. The van der Waals surface area contributed by atoms with Crippen molar-refractivity contribution in [3.8, 4) is 23.5 Å². The molecule has 0 aliphatic rings. The van der Waals surface area contributed by atoms with Crippen molar-refractivity contribution < 1.29 is 28.1 Å². The van der Waals surface area contributed by atoms with Crippen LogP contribution in [0.4, 0.5) is 10.1 Å². The number of esters is 1. The van der Waals surface area contributed by atoms with Gasteiger partial charge in [0.05, 0.1) is 22.7 Å². The van der Waals surface area contributed by atoms with Crippen LogP contribution in [0.1, 0.15) is 38.4 Å². The number of rotatable bonds is 8. The number of nitriles is 2. The molecule has 0 N–H and O–H groups in total. The Morgan fingerprint density at radius 1 is 1.29 bits per heavy atom. The predicted molar refractivity (Wildman–Crippen MR) is 123 cm³/mol. The van der Waals surface area contributed by atoms with Crippen LogP contribution in [0.15, 0.2) is 40.3 Å². The molecule has 0 saturated carbocycles. The molecule has 0 aliphatic heterocycles. The highest BCUT2D eigenvalue weighted by molar-refractivity contribution is 7.14. The van der Waals surface area contributed by atoms with Gasteiger partial charge in [-0.3, -0.25) is 14.9 Å². The van der Waals surface area contributed by atoms with Crippen LogP contribution in [0.25, 0.3) is 17.4 Å². The molecule has 2 heterocycles. The molecule has 35 heavy (non-hydrogen) atoms. The number of nitro groups is 1. The molecule has 0 amide bonds. The van der Waals surface area contributed by atoms with Gasteiger partial charge in [-0.2, -0.15) is 14.9 Å². The van der Waals surface area contributed by atoms with Gasteiger partial charge in [0.25, 0.3) is 0 Å². The van der Waals surface area contributed by atoms with E-state index >= 15 is 0 Å². The van der Waals surface area contributed by atoms with Gasteiger partial charge in [-0.15, -0.1) is 11.3 Å². The molecule has 0 fully saturated rings. The Kier molecular flexibility index (Phi) is 7.54. The third-order valence-corrected chi connectivity index (χ3v) is 6.15. The second-order valence-electron chi connectivity index (χ2n) is 7.08. The molecule has 3 aromatic rings. The van der Waals surface area contributed by atoms with Crippen LogP contribution in [-0.2, 0) is 16.0 Å². The Balaban J connectivity index is 1.87. The van der Waals surface area contributed by atoms with E-state index in [1.54, 1.807) is 19.9 Å². The predicted octanol–water partition coefficient (Wildman–Crippen LogP) is 5.13. The van der Waals surface area contributed by atoms with Gasteiger partial charge in [0.1, 0.15) is 28.5 Å². The number of ketones is 1. The third-order valence-electron chi connectivity index (χ3n) is 4.88. The lowest BCUT2D eigenvalue weighted by molar-refractivity contribution is -0.387. The van der Waals surface area contributed by atoms with Crippen molar-refractivity contribution in [3.63, 3.8) is 0 Å². The first-order chi connectivity index (χ1) is 16.7. The van der Waals surface area contributed by atoms with E-state index in [0.717, 1.165) is 23.5 Å². The minimum atomic E-state index is -0.991. The summed E-state index contributed by atoms with van der Waals surface area (Å²) in [5, 5.41) is 29.9. The molecule has 0 spiro atoms. The summed E-state index contributed by atoms with van der Waals surface area (Å²) in [7, 11) is 0. The summed E-state index contributed by atoms with van der Waals surface area (Å²) in [6.07, 6.45) is 0.910. The van der Waals surface area contributed by atoms with Gasteiger partial charge in [0, 0.05) is 29.0 Å². The number of ether oxygens (including phenoxy) is 1. The maximum Gasteiger partial charge on any atom is 0.348 e. The van der Waals surface area contributed by atoms with E-state index < -0.39 is 28.2 Å². The lowest BCUT2D eigenvalue weighted by Gasteiger charge is -1.99. The number of carbonyl (C=O) groups excluding carboxylic acids is 2. The van der Waals surface area contributed by atoms with Crippen LogP contribution in [0.5, 0.6) is 0 Å². The molecule has 0 radical (unpaired) electrons. The fourth-order valence-electron chi connectivity index (χ4n) is 3.19. The highest BCUT2D eigenvalue weighted by atomic mass is 32.1. The van der Waals surface area contributed by atoms with Crippen molar-refractivity contribution in [2.45, 2.75) is 20.3 Å². The zero-order valence-electron chi connectivity index (χ0n) is 18.5. The van der Waals surface area contributed by atoms with Crippen LogP contribution in [0.3, 0.4) is 0 Å². The number of furan rings is 1. The molecule has 0 atom stereocenters. The first kappa shape index (κ1) is 25.0. The molecule has 2 aromatic heterocycles. The van der Waals surface area contributed by atoms with Gasteiger partial charge < -0.3 is 9.15 Å². The molecule has 0 bridgehead atoms. The minimum absolute atomic E-state index is 0.118. The average molecular weight is 493 g/mol. The summed E-state index contributed by atoms with van der Waals surface area (Å²) < 4.78 is 24.1.